The number of aromatic hydroxyl groups is 3. The first kappa shape index (κ1) is 51.4. The molecule has 73 heavy (non-hydrogen) atoms. The number of methoxy groups -OCH3 is 1. The summed E-state index contributed by atoms with van der Waals surface area (Å²) in [4.78, 5) is 21.2. The van der Waals surface area contributed by atoms with Gasteiger partial charge in [0, 0.05) is 34.9 Å². The molecule has 0 saturated heterocycles. The molecule has 4 aliphatic rings. The molecular weight excluding hydrogens is 953 g/mol. The van der Waals surface area contributed by atoms with Gasteiger partial charge in [0.05, 0.1) is 30.8 Å². The first-order valence-electron chi connectivity index (χ1n) is 26.6. The molecule has 10 nitrogen and oxygen atoms in total. The summed E-state index contributed by atoms with van der Waals surface area (Å²) < 4.78 is 12.6. The van der Waals surface area contributed by atoms with Crippen molar-refractivity contribution in [3.63, 3.8) is 0 Å². The van der Waals surface area contributed by atoms with Gasteiger partial charge >= 0.3 is 0 Å². The molecule has 6 N–H and O–H groups in total. The second-order valence-electron chi connectivity index (χ2n) is 21.4. The van der Waals surface area contributed by atoms with Crippen LogP contribution in [0.3, 0.4) is 0 Å². The maximum atomic E-state index is 16.8. The number of aryl methyl sites for hydroxylation is 1. The first-order chi connectivity index (χ1) is 35.4. The summed E-state index contributed by atoms with van der Waals surface area (Å²) in [6, 6.07) is 27.1. The minimum Gasteiger partial charge on any atom is -0.670 e. The normalized spacial score (nSPS) is 24.8. The minimum atomic E-state index is -1.63. The molecular formula is C61H71N2O8S2-. The quantitative estimate of drug-likeness (QED) is 0.0682. The van der Waals surface area contributed by atoms with Crippen molar-refractivity contribution in [3.8, 4) is 28.7 Å². The van der Waals surface area contributed by atoms with Gasteiger partial charge in [0.25, 0.3) is 0 Å². The van der Waals surface area contributed by atoms with E-state index in [0.717, 1.165) is 91.8 Å². The Balaban J connectivity index is 1.14. The van der Waals surface area contributed by atoms with Gasteiger partial charge < -0.3 is 45.3 Å². The zero-order valence-corrected chi connectivity index (χ0v) is 44.1. The van der Waals surface area contributed by atoms with Gasteiger partial charge in [-0.3, -0.25) is 4.79 Å². The Bertz CT molecular complexity index is 2910. The van der Waals surface area contributed by atoms with Crippen molar-refractivity contribution in [2.24, 2.45) is 17.8 Å². The highest BCUT2D eigenvalue weighted by Gasteiger charge is 2.58. The van der Waals surface area contributed by atoms with Gasteiger partial charge in [0.2, 0.25) is 0 Å². The van der Waals surface area contributed by atoms with Crippen LogP contribution < -0.4 is 19.8 Å². The van der Waals surface area contributed by atoms with Crippen LogP contribution in [-0.4, -0.2) is 69.5 Å². The highest BCUT2D eigenvalue weighted by atomic mass is 33.1. The number of phenolic OH excluding ortho intramolecular Hbond substituents is 3. The van der Waals surface area contributed by atoms with Crippen LogP contribution in [0.2, 0.25) is 0 Å². The summed E-state index contributed by atoms with van der Waals surface area (Å²) in [6.07, 6.45) is 12.2. The van der Waals surface area contributed by atoms with Crippen molar-refractivity contribution >= 4 is 38.1 Å². The third kappa shape index (κ3) is 10.1. The Hall–Kier alpha value is -5.11. The summed E-state index contributed by atoms with van der Waals surface area (Å²) in [5, 5.41) is 67.2. The molecule has 12 heteroatoms. The molecule has 3 saturated carbocycles. The summed E-state index contributed by atoms with van der Waals surface area (Å²) in [6.45, 7) is 2.17. The molecule has 386 valence electrons. The van der Waals surface area contributed by atoms with Crippen LogP contribution in [-0.2, 0) is 53.6 Å². The number of ether oxygens (including phenoxy) is 2. The number of fused-ring (bicyclic) bond motifs is 2. The molecule has 0 bridgehead atoms. The van der Waals surface area contributed by atoms with E-state index in [4.69, 9.17) is 9.47 Å². The van der Waals surface area contributed by atoms with E-state index in [1.807, 2.05) is 37.5 Å². The van der Waals surface area contributed by atoms with Crippen molar-refractivity contribution in [2.75, 3.05) is 19.9 Å². The average molecular weight is 1020 g/mol. The van der Waals surface area contributed by atoms with Gasteiger partial charge in [-0.1, -0.05) is 108 Å². The van der Waals surface area contributed by atoms with Crippen molar-refractivity contribution < 1.29 is 39.8 Å². The van der Waals surface area contributed by atoms with Gasteiger partial charge in [-0.25, -0.2) is 0 Å². The van der Waals surface area contributed by atoms with E-state index in [2.05, 4.69) is 47.6 Å². The number of aliphatic hydroxyl groups is 2. The maximum absolute atomic E-state index is 16.8. The third-order valence-electron chi connectivity index (χ3n) is 17.3. The molecule has 0 radical (unpaired) electrons. The molecule has 0 amide bonds. The fourth-order valence-electron chi connectivity index (χ4n) is 13.4. The smallest absolute Gasteiger partial charge is 0.164 e. The van der Waals surface area contributed by atoms with Gasteiger partial charge in [-0.15, -0.1) is 0 Å². The van der Waals surface area contributed by atoms with E-state index in [1.54, 1.807) is 65.2 Å². The molecule has 6 aromatic rings. The van der Waals surface area contributed by atoms with Crippen molar-refractivity contribution in [3.05, 3.63) is 147 Å². The molecule has 0 unspecified atom stereocenters. The first-order valence-corrected chi connectivity index (χ1v) is 29.1. The van der Waals surface area contributed by atoms with Gasteiger partial charge in [-0.2, -0.15) is 12.4 Å². The number of phenols is 3. The lowest BCUT2D eigenvalue weighted by Gasteiger charge is -2.49. The number of rotatable bonds is 11. The predicted molar refractivity (Wildman–Crippen MR) is 292 cm³/mol. The molecule has 2 heterocycles. The number of ketones is 1. The number of aliphatic hydroxyl groups excluding tert-OH is 2. The van der Waals surface area contributed by atoms with E-state index in [-0.39, 0.29) is 42.0 Å². The van der Waals surface area contributed by atoms with Gasteiger partial charge in [0.15, 0.2) is 28.8 Å². The van der Waals surface area contributed by atoms with Crippen molar-refractivity contribution in [2.45, 2.75) is 138 Å². The van der Waals surface area contributed by atoms with Gasteiger partial charge in [0.1, 0.15) is 5.75 Å². The maximum Gasteiger partial charge on any atom is 0.164 e. The lowest BCUT2D eigenvalue weighted by molar-refractivity contribution is -0.149. The van der Waals surface area contributed by atoms with Crippen LogP contribution in [0.5, 0.6) is 28.7 Å². The SMILES string of the molecule is CCc1ccc2cccc3c2c1Cc1c(ccc(O)c1OC)C[C@@H](Cc1cc[n-]c1)[C@H](O)[C@@H]1C(=O)[C@@](Cc2ccc(O)c(OC4CCCCC4)c2)(c2cc(O)cc(C4(NC)CCCC4)c2)[C@@H](O)C[C@H]1CSSC3. The summed E-state index contributed by atoms with van der Waals surface area (Å²) >= 11 is 0. The Morgan fingerprint density at radius 1 is 0.822 bits per heavy atom. The fourth-order valence-corrected chi connectivity index (χ4v) is 15.9. The molecule has 1 aromatic heterocycles. The van der Waals surface area contributed by atoms with E-state index in [0.29, 0.717) is 53.4 Å². The summed E-state index contributed by atoms with van der Waals surface area (Å²) in [7, 11) is 6.93. The second kappa shape index (κ2) is 22.0. The number of aromatic nitrogens is 1. The van der Waals surface area contributed by atoms with E-state index in [9.17, 15) is 25.5 Å². The number of carbonyl (C=O) groups excluding carboxylic acids is 1. The monoisotopic (exact) mass is 1020 g/mol. The highest BCUT2D eigenvalue weighted by molar-refractivity contribution is 8.76. The fraction of sp³-hybridized carbons (Fsp3) is 0.459. The number of nitrogens with zero attached hydrogens (tertiary/aromatic N) is 1. The number of hydrogen-bond donors (Lipinski definition) is 6. The molecule has 1 aliphatic heterocycles. The third-order valence-corrected chi connectivity index (χ3v) is 19.7. The van der Waals surface area contributed by atoms with Crippen LogP contribution in [0.1, 0.15) is 121 Å². The Morgan fingerprint density at radius 3 is 2.37 bits per heavy atom. The second-order valence-corrected chi connectivity index (χ2v) is 23.9. The van der Waals surface area contributed by atoms with Crippen molar-refractivity contribution in [1.29, 1.82) is 0 Å². The predicted octanol–water partition coefficient (Wildman–Crippen LogP) is 11.2. The van der Waals surface area contributed by atoms with Crippen LogP contribution in [0.4, 0.5) is 0 Å². The van der Waals surface area contributed by atoms with Gasteiger partial charge in [-0.05, 0) is 170 Å². The van der Waals surface area contributed by atoms with E-state index >= 15 is 4.79 Å². The topological polar surface area (TPSA) is 163 Å². The minimum absolute atomic E-state index is 0.00904. The number of carbonyl (C=O) groups is 1. The standard InChI is InChI=1S/C61H71N2O8S2/c1-4-39-16-17-40-11-10-12-42-35-72-73-36-44-28-54(67)61(46-29-45(30-47(64)31-46)60(62-2)22-8-9-23-60,33-37-15-19-51(65)53(26-37)71-48-13-6-5-7-14-48)59(69)56(44)57(68)43(25-38-21-24-63-34-38)27-41-18-20-52(66)58(70-3)50(41)32-49(39)55(40)42/h10-12,15-21,24,26,29-31,34,43-44,48,54,56-57,62,64-68H,4-9,13-14,22-23,25,27-28,32-33,35-36H2,1-3H3/q-1/t43-,44+,54+,56-,57+,61+/m1/s1. The van der Waals surface area contributed by atoms with Crippen LogP contribution >= 0.6 is 21.6 Å². The molecule has 5 aromatic carbocycles. The largest absolute Gasteiger partial charge is 0.670 e. The molecule has 3 aliphatic carbocycles. The number of nitrogens with one attached hydrogen (secondary N) is 1. The number of hydrogen-bond acceptors (Lipinski definition) is 11. The Kier molecular flexibility index (Phi) is 15.5. The Labute approximate surface area is 438 Å². The summed E-state index contributed by atoms with van der Waals surface area (Å²) in [5.74, 6) is -0.194. The highest BCUT2D eigenvalue weighted by Crippen LogP contribution is 2.52. The molecule has 10 rings (SSSR count). The average Bonchev–Trinajstić information content (AvgIpc) is 4.12. The number of benzene rings is 5. The molecule has 0 spiro atoms. The zero-order chi connectivity index (χ0) is 50.9. The summed E-state index contributed by atoms with van der Waals surface area (Å²) in [5.41, 5.74) is 6.26. The van der Waals surface area contributed by atoms with E-state index in [1.165, 1.54) is 22.1 Å². The molecule has 3 fully saturated rings. The lowest BCUT2D eigenvalue weighted by atomic mass is 9.55. The number of Topliss-reactive ketones (excluding diaryl/α,β-unsaturated/α-hetero) is 1. The lowest BCUT2D eigenvalue weighted by Crippen LogP contribution is -2.61. The van der Waals surface area contributed by atoms with Crippen LogP contribution in [0, 0.1) is 17.8 Å². The van der Waals surface area contributed by atoms with Crippen LogP contribution in [0.25, 0.3) is 10.8 Å². The Morgan fingerprint density at radius 2 is 1.62 bits per heavy atom. The zero-order valence-electron chi connectivity index (χ0n) is 42.4. The van der Waals surface area contributed by atoms with Crippen molar-refractivity contribution in [1.82, 2.24) is 10.3 Å². The van der Waals surface area contributed by atoms with E-state index < -0.39 is 40.9 Å². The van der Waals surface area contributed by atoms with Crippen LogP contribution in [0.15, 0.2) is 97.3 Å². The molecule has 6 atom stereocenters.